The molecule has 4 rings (SSSR count). The molecule has 0 fully saturated rings. The van der Waals surface area contributed by atoms with Crippen LogP contribution in [0.15, 0.2) is 59.7 Å². The molecule has 22 heavy (non-hydrogen) atoms. The number of benzene rings is 2. The Labute approximate surface area is 127 Å². The quantitative estimate of drug-likeness (QED) is 0.924. The lowest BCUT2D eigenvalue weighted by Crippen LogP contribution is -2.41. The van der Waals surface area contributed by atoms with Crippen molar-refractivity contribution in [3.05, 3.63) is 60.2 Å². The van der Waals surface area contributed by atoms with E-state index in [9.17, 15) is 9.90 Å². The van der Waals surface area contributed by atoms with Crippen LogP contribution in [0.5, 0.6) is 5.75 Å². The number of ether oxygens (including phenoxy) is 1. The predicted octanol–water partition coefficient (Wildman–Crippen LogP) is 2.49. The molecule has 0 spiro atoms. The summed E-state index contributed by atoms with van der Waals surface area (Å²) in [6.07, 6.45) is 0. The minimum atomic E-state index is -0.985. The summed E-state index contributed by atoms with van der Waals surface area (Å²) in [5.74, 6) is -0.547. The molecule has 2 aromatic carbocycles. The molecule has 0 saturated carbocycles. The van der Waals surface area contributed by atoms with Gasteiger partial charge in [-0.05, 0) is 17.7 Å². The van der Waals surface area contributed by atoms with E-state index < -0.39 is 5.97 Å². The van der Waals surface area contributed by atoms with Crippen LogP contribution in [0, 0.1) is 0 Å². The number of aliphatic carboxylic acids is 1. The molecule has 5 nitrogen and oxygen atoms in total. The van der Waals surface area contributed by atoms with Crippen LogP contribution in [0.3, 0.4) is 0 Å². The molecule has 0 bridgehead atoms. The number of carbonyl (C=O) groups is 1. The van der Waals surface area contributed by atoms with Crippen LogP contribution in [0.25, 0.3) is 0 Å². The number of rotatable bonds is 2. The molecule has 1 N–H and O–H groups in total. The molecule has 2 heterocycles. The van der Waals surface area contributed by atoms with Crippen molar-refractivity contribution >= 4 is 17.4 Å². The molecular formula is C17H14N2O3. The number of nitrogens with zero attached hydrogens (tertiary/aromatic N) is 2. The van der Waals surface area contributed by atoms with Gasteiger partial charge in [-0.3, -0.25) is 5.01 Å². The maximum absolute atomic E-state index is 11.6. The average molecular weight is 294 g/mol. The number of fused-ring (bicyclic) bond motifs is 3. The van der Waals surface area contributed by atoms with Crippen LogP contribution in [0.2, 0.25) is 0 Å². The lowest BCUT2D eigenvalue weighted by Gasteiger charge is -2.33. The van der Waals surface area contributed by atoms with Gasteiger partial charge in [0.25, 0.3) is 0 Å². The van der Waals surface area contributed by atoms with Crippen molar-refractivity contribution in [3.8, 4) is 5.75 Å². The third-order valence-corrected chi connectivity index (χ3v) is 4.11. The lowest BCUT2D eigenvalue weighted by molar-refractivity contribution is -0.129. The summed E-state index contributed by atoms with van der Waals surface area (Å²) in [5, 5.41) is 15.7. The maximum Gasteiger partial charge on any atom is 0.352 e. The van der Waals surface area contributed by atoms with Crippen LogP contribution in [-0.2, 0) is 4.79 Å². The Balaban J connectivity index is 1.82. The topological polar surface area (TPSA) is 62.1 Å². The molecule has 2 atom stereocenters. The summed E-state index contributed by atoms with van der Waals surface area (Å²) in [7, 11) is 0. The highest BCUT2D eigenvalue weighted by molar-refractivity contribution is 6.39. The van der Waals surface area contributed by atoms with Crippen molar-refractivity contribution in [1.82, 2.24) is 0 Å². The standard InChI is InChI=1S/C17H14N2O3/c20-17(21)16-15(11-6-2-1-3-7-11)13-10-22-14-9-5-4-8-12(14)19(13)18-16/h1-9,13,15H,10H2,(H,20,21). The van der Waals surface area contributed by atoms with Gasteiger partial charge in [-0.25, -0.2) is 4.79 Å². The second kappa shape index (κ2) is 4.87. The van der Waals surface area contributed by atoms with Crippen molar-refractivity contribution in [3.63, 3.8) is 0 Å². The summed E-state index contributed by atoms with van der Waals surface area (Å²) in [6, 6.07) is 17.0. The number of para-hydroxylation sites is 2. The molecule has 0 aromatic heterocycles. The number of carboxylic acids is 1. The molecular weight excluding hydrogens is 280 g/mol. The van der Waals surface area contributed by atoms with E-state index in [2.05, 4.69) is 5.10 Å². The predicted molar refractivity (Wildman–Crippen MR) is 82.5 cm³/mol. The van der Waals surface area contributed by atoms with Gasteiger partial charge in [0.1, 0.15) is 18.0 Å². The highest BCUT2D eigenvalue weighted by Crippen LogP contribution is 2.42. The first-order valence-electron chi connectivity index (χ1n) is 7.13. The first-order valence-corrected chi connectivity index (χ1v) is 7.13. The first-order chi connectivity index (χ1) is 10.8. The average Bonchev–Trinajstić information content (AvgIpc) is 2.96. The van der Waals surface area contributed by atoms with Gasteiger partial charge in [-0.15, -0.1) is 0 Å². The number of hydrazone groups is 1. The lowest BCUT2D eigenvalue weighted by atomic mass is 9.87. The van der Waals surface area contributed by atoms with Crippen LogP contribution < -0.4 is 9.75 Å². The van der Waals surface area contributed by atoms with E-state index in [1.54, 1.807) is 5.01 Å². The third-order valence-electron chi connectivity index (χ3n) is 4.11. The molecule has 2 aliphatic heterocycles. The molecule has 0 radical (unpaired) electrons. The summed E-state index contributed by atoms with van der Waals surface area (Å²) in [6.45, 7) is 0.414. The van der Waals surface area contributed by atoms with E-state index in [0.717, 1.165) is 17.0 Å². The molecule has 2 unspecified atom stereocenters. The van der Waals surface area contributed by atoms with Gasteiger partial charge in [0.2, 0.25) is 0 Å². The molecule has 0 amide bonds. The second-order valence-electron chi connectivity index (χ2n) is 5.37. The zero-order chi connectivity index (χ0) is 15.1. The fourth-order valence-electron chi connectivity index (χ4n) is 3.14. The van der Waals surface area contributed by atoms with Crippen LogP contribution in [0.4, 0.5) is 5.69 Å². The summed E-state index contributed by atoms with van der Waals surface area (Å²) in [5.41, 5.74) is 1.92. The van der Waals surface area contributed by atoms with E-state index >= 15 is 0 Å². The summed E-state index contributed by atoms with van der Waals surface area (Å²) in [4.78, 5) is 11.6. The van der Waals surface area contributed by atoms with Gasteiger partial charge < -0.3 is 9.84 Å². The SMILES string of the molecule is O=C(O)C1=NN2c3ccccc3OCC2C1c1ccccc1. The van der Waals surface area contributed by atoms with E-state index in [1.165, 1.54) is 0 Å². The molecule has 0 aliphatic carbocycles. The number of anilines is 1. The van der Waals surface area contributed by atoms with Gasteiger partial charge in [-0.1, -0.05) is 42.5 Å². The van der Waals surface area contributed by atoms with Crippen LogP contribution >= 0.6 is 0 Å². The van der Waals surface area contributed by atoms with Gasteiger partial charge >= 0.3 is 5.97 Å². The molecule has 5 heteroatoms. The van der Waals surface area contributed by atoms with Crippen molar-refractivity contribution in [2.45, 2.75) is 12.0 Å². The number of carboxylic acid groups (broad SMARTS) is 1. The largest absolute Gasteiger partial charge is 0.489 e. The number of hydrogen-bond acceptors (Lipinski definition) is 4. The highest BCUT2D eigenvalue weighted by Gasteiger charge is 2.45. The number of hydrogen-bond donors (Lipinski definition) is 1. The van der Waals surface area contributed by atoms with Crippen molar-refractivity contribution in [1.29, 1.82) is 0 Å². The zero-order valence-corrected chi connectivity index (χ0v) is 11.7. The van der Waals surface area contributed by atoms with E-state index in [1.807, 2.05) is 54.6 Å². The minimum Gasteiger partial charge on any atom is -0.489 e. The Morgan fingerprint density at radius 3 is 2.64 bits per heavy atom. The summed E-state index contributed by atoms with van der Waals surface area (Å²) < 4.78 is 5.81. The van der Waals surface area contributed by atoms with Crippen LogP contribution in [-0.4, -0.2) is 29.4 Å². The second-order valence-corrected chi connectivity index (χ2v) is 5.37. The van der Waals surface area contributed by atoms with E-state index in [0.29, 0.717) is 6.61 Å². The maximum atomic E-state index is 11.6. The summed E-state index contributed by atoms with van der Waals surface area (Å²) >= 11 is 0. The van der Waals surface area contributed by atoms with Crippen molar-refractivity contribution in [2.75, 3.05) is 11.6 Å². The fourth-order valence-corrected chi connectivity index (χ4v) is 3.14. The van der Waals surface area contributed by atoms with Crippen molar-refractivity contribution < 1.29 is 14.6 Å². The normalized spacial score (nSPS) is 22.4. The first kappa shape index (κ1) is 12.9. The van der Waals surface area contributed by atoms with Gasteiger partial charge in [0.05, 0.1) is 12.0 Å². The molecule has 2 aliphatic rings. The Morgan fingerprint density at radius 1 is 1.14 bits per heavy atom. The third kappa shape index (κ3) is 1.86. The van der Waals surface area contributed by atoms with Crippen LogP contribution in [0.1, 0.15) is 11.5 Å². The molecule has 110 valence electrons. The van der Waals surface area contributed by atoms with E-state index in [-0.39, 0.29) is 17.7 Å². The van der Waals surface area contributed by atoms with Gasteiger partial charge in [-0.2, -0.15) is 5.10 Å². The Kier molecular flexibility index (Phi) is 2.85. The smallest absolute Gasteiger partial charge is 0.352 e. The Hall–Kier alpha value is -2.82. The molecule has 0 saturated heterocycles. The highest BCUT2D eigenvalue weighted by atomic mass is 16.5. The zero-order valence-electron chi connectivity index (χ0n) is 11.7. The Morgan fingerprint density at radius 2 is 1.86 bits per heavy atom. The van der Waals surface area contributed by atoms with E-state index in [4.69, 9.17) is 4.74 Å². The van der Waals surface area contributed by atoms with Gasteiger partial charge in [0.15, 0.2) is 5.71 Å². The van der Waals surface area contributed by atoms with Crippen molar-refractivity contribution in [2.24, 2.45) is 5.10 Å². The minimum absolute atomic E-state index is 0.136. The monoisotopic (exact) mass is 294 g/mol. The fraction of sp³-hybridized carbons (Fsp3) is 0.176. The Bertz CT molecular complexity index is 758. The molecule has 2 aromatic rings. The van der Waals surface area contributed by atoms with Gasteiger partial charge in [0, 0.05) is 0 Å².